The molecule has 3 heteroatoms. The molecule has 0 aliphatic carbocycles. The molecule has 1 aliphatic rings. The first-order chi connectivity index (χ1) is 10.3. The van der Waals surface area contributed by atoms with Crippen molar-refractivity contribution in [3.8, 4) is 0 Å². The molecule has 0 bridgehead atoms. The largest absolute Gasteiger partial charge is 0.376 e. The number of carbonyl (C=O) groups is 1. The zero-order chi connectivity index (χ0) is 14.7. The molecular formula is C18H20N2O. The summed E-state index contributed by atoms with van der Waals surface area (Å²) in [5.74, 6) is 0.125. The van der Waals surface area contributed by atoms with Crippen LogP contribution >= 0.6 is 0 Å². The van der Waals surface area contributed by atoms with Gasteiger partial charge in [0.25, 0.3) is 0 Å². The Hall–Kier alpha value is -2.29. The number of nitrogens with one attached hydrogen (secondary N) is 1. The smallest absolute Gasteiger partial charge is 0.246 e. The van der Waals surface area contributed by atoms with Crippen molar-refractivity contribution in [1.82, 2.24) is 0 Å². The Morgan fingerprint density at radius 1 is 1.14 bits per heavy atom. The van der Waals surface area contributed by atoms with Gasteiger partial charge in [0, 0.05) is 17.9 Å². The van der Waals surface area contributed by atoms with E-state index in [9.17, 15) is 4.79 Å². The number of amides is 1. The monoisotopic (exact) mass is 280 g/mol. The van der Waals surface area contributed by atoms with Gasteiger partial charge in [-0.25, -0.2) is 0 Å². The highest BCUT2D eigenvalue weighted by molar-refractivity contribution is 5.97. The Morgan fingerprint density at radius 3 is 2.67 bits per heavy atom. The van der Waals surface area contributed by atoms with Crippen molar-refractivity contribution in [3.63, 3.8) is 0 Å². The third-order valence-electron chi connectivity index (χ3n) is 3.99. The maximum Gasteiger partial charge on any atom is 0.246 e. The topological polar surface area (TPSA) is 32.3 Å². The van der Waals surface area contributed by atoms with Crippen molar-refractivity contribution in [3.05, 3.63) is 59.7 Å². The summed E-state index contributed by atoms with van der Waals surface area (Å²) in [6.45, 7) is 3.26. The number of hydrogen-bond acceptors (Lipinski definition) is 2. The van der Waals surface area contributed by atoms with Gasteiger partial charge in [0.1, 0.15) is 0 Å². The van der Waals surface area contributed by atoms with E-state index in [-0.39, 0.29) is 5.91 Å². The first kappa shape index (κ1) is 13.7. The van der Waals surface area contributed by atoms with Gasteiger partial charge in [-0.2, -0.15) is 0 Å². The van der Waals surface area contributed by atoms with Gasteiger partial charge in [0.2, 0.25) is 5.91 Å². The van der Waals surface area contributed by atoms with E-state index in [0.717, 1.165) is 30.8 Å². The minimum atomic E-state index is 0.125. The van der Waals surface area contributed by atoms with Crippen LogP contribution < -0.4 is 10.2 Å². The van der Waals surface area contributed by atoms with Crippen LogP contribution in [-0.4, -0.2) is 19.0 Å². The summed E-state index contributed by atoms with van der Waals surface area (Å²) in [5, 5.41) is 3.21. The van der Waals surface area contributed by atoms with Crippen LogP contribution in [0.3, 0.4) is 0 Å². The van der Waals surface area contributed by atoms with Crippen molar-refractivity contribution >= 4 is 17.3 Å². The molecule has 3 rings (SSSR count). The molecule has 0 atom stereocenters. The molecule has 2 aromatic carbocycles. The van der Waals surface area contributed by atoms with Gasteiger partial charge in [0.15, 0.2) is 0 Å². The normalized spacial score (nSPS) is 13.1. The Labute approximate surface area is 125 Å². The fraction of sp³-hybridized carbons (Fsp3) is 0.278. The molecule has 1 heterocycles. The number of rotatable bonds is 4. The summed E-state index contributed by atoms with van der Waals surface area (Å²) >= 11 is 0. The molecule has 3 nitrogen and oxygen atoms in total. The molecule has 1 aliphatic heterocycles. The molecule has 0 fully saturated rings. The zero-order valence-electron chi connectivity index (χ0n) is 12.3. The van der Waals surface area contributed by atoms with Gasteiger partial charge in [-0.3, -0.25) is 4.79 Å². The van der Waals surface area contributed by atoms with E-state index in [2.05, 4.69) is 30.4 Å². The maximum absolute atomic E-state index is 12.4. The Balaban J connectivity index is 1.62. The summed E-state index contributed by atoms with van der Waals surface area (Å²) < 4.78 is 0. The predicted molar refractivity (Wildman–Crippen MR) is 86.8 cm³/mol. The number of fused-ring (bicyclic) bond motifs is 1. The van der Waals surface area contributed by atoms with Crippen molar-refractivity contribution in [1.29, 1.82) is 0 Å². The molecule has 1 amide bonds. The number of nitrogens with zero attached hydrogens (tertiary/aromatic N) is 1. The standard InChI is InChI=1S/C18H20N2O/c1-2-14-7-9-16(10-8-14)19-13-18(21)20-12-11-15-5-3-4-6-17(15)20/h3-10,19H,2,11-13H2,1H3. The molecule has 0 spiro atoms. The summed E-state index contributed by atoms with van der Waals surface area (Å²) in [5.41, 5.74) is 4.62. The number of hydrogen-bond donors (Lipinski definition) is 1. The highest BCUT2D eigenvalue weighted by atomic mass is 16.2. The van der Waals surface area contributed by atoms with E-state index >= 15 is 0 Å². The highest BCUT2D eigenvalue weighted by Crippen LogP contribution is 2.27. The van der Waals surface area contributed by atoms with E-state index in [4.69, 9.17) is 0 Å². The minimum Gasteiger partial charge on any atom is -0.376 e. The summed E-state index contributed by atoms with van der Waals surface area (Å²) in [6, 6.07) is 16.4. The van der Waals surface area contributed by atoms with Crippen LogP contribution in [0.4, 0.5) is 11.4 Å². The predicted octanol–water partition coefficient (Wildman–Crippen LogP) is 3.25. The second-order valence-corrected chi connectivity index (χ2v) is 5.33. The average molecular weight is 280 g/mol. The Kier molecular flexibility index (Phi) is 3.91. The zero-order valence-corrected chi connectivity index (χ0v) is 12.3. The molecule has 0 unspecified atom stereocenters. The van der Waals surface area contributed by atoms with Crippen molar-refractivity contribution in [2.45, 2.75) is 19.8 Å². The molecule has 0 radical (unpaired) electrons. The molecule has 2 aromatic rings. The average Bonchev–Trinajstić information content (AvgIpc) is 2.97. The van der Waals surface area contributed by atoms with Crippen LogP contribution in [0.15, 0.2) is 48.5 Å². The van der Waals surface area contributed by atoms with E-state index in [0.29, 0.717) is 6.54 Å². The van der Waals surface area contributed by atoms with Gasteiger partial charge >= 0.3 is 0 Å². The van der Waals surface area contributed by atoms with Crippen molar-refractivity contribution in [2.75, 3.05) is 23.3 Å². The van der Waals surface area contributed by atoms with Gasteiger partial charge in [-0.15, -0.1) is 0 Å². The van der Waals surface area contributed by atoms with Crippen molar-refractivity contribution < 1.29 is 4.79 Å². The fourth-order valence-corrected chi connectivity index (χ4v) is 2.73. The Morgan fingerprint density at radius 2 is 1.90 bits per heavy atom. The van der Waals surface area contributed by atoms with E-state index in [1.807, 2.05) is 35.2 Å². The van der Waals surface area contributed by atoms with Crippen LogP contribution in [0.25, 0.3) is 0 Å². The molecule has 1 N–H and O–H groups in total. The molecule has 0 saturated heterocycles. The lowest BCUT2D eigenvalue weighted by atomic mass is 10.1. The van der Waals surface area contributed by atoms with E-state index in [1.54, 1.807) is 0 Å². The van der Waals surface area contributed by atoms with Gasteiger partial charge in [-0.05, 0) is 42.2 Å². The SMILES string of the molecule is CCc1ccc(NCC(=O)N2CCc3ccccc32)cc1. The number of carbonyl (C=O) groups excluding carboxylic acids is 1. The number of benzene rings is 2. The molecule has 21 heavy (non-hydrogen) atoms. The molecular weight excluding hydrogens is 260 g/mol. The second-order valence-electron chi connectivity index (χ2n) is 5.33. The molecule has 0 saturated carbocycles. The van der Waals surface area contributed by atoms with Crippen LogP contribution in [0, 0.1) is 0 Å². The first-order valence-electron chi connectivity index (χ1n) is 7.49. The lowest BCUT2D eigenvalue weighted by Gasteiger charge is -2.18. The third-order valence-corrected chi connectivity index (χ3v) is 3.99. The van der Waals surface area contributed by atoms with Crippen LogP contribution in [0.5, 0.6) is 0 Å². The van der Waals surface area contributed by atoms with Gasteiger partial charge in [-0.1, -0.05) is 37.3 Å². The quantitative estimate of drug-likeness (QED) is 0.932. The van der Waals surface area contributed by atoms with E-state index < -0.39 is 0 Å². The van der Waals surface area contributed by atoms with E-state index in [1.165, 1.54) is 11.1 Å². The second kappa shape index (κ2) is 6.00. The highest BCUT2D eigenvalue weighted by Gasteiger charge is 2.23. The Bertz CT molecular complexity index is 634. The molecule has 108 valence electrons. The fourth-order valence-electron chi connectivity index (χ4n) is 2.73. The number of anilines is 2. The maximum atomic E-state index is 12.4. The lowest BCUT2D eigenvalue weighted by molar-refractivity contribution is -0.116. The summed E-state index contributed by atoms with van der Waals surface area (Å²) in [4.78, 5) is 14.2. The lowest BCUT2D eigenvalue weighted by Crippen LogP contribution is -2.34. The summed E-state index contributed by atoms with van der Waals surface area (Å²) in [7, 11) is 0. The van der Waals surface area contributed by atoms with Crippen LogP contribution in [-0.2, 0) is 17.6 Å². The third kappa shape index (κ3) is 2.92. The first-order valence-corrected chi connectivity index (χ1v) is 7.49. The minimum absolute atomic E-state index is 0.125. The number of para-hydroxylation sites is 1. The van der Waals surface area contributed by atoms with Crippen molar-refractivity contribution in [2.24, 2.45) is 0 Å². The van der Waals surface area contributed by atoms with Crippen LogP contribution in [0.1, 0.15) is 18.1 Å². The summed E-state index contributed by atoms with van der Waals surface area (Å²) in [6.07, 6.45) is 1.98. The van der Waals surface area contributed by atoms with Gasteiger partial charge in [0.05, 0.1) is 6.54 Å². The van der Waals surface area contributed by atoms with Gasteiger partial charge < -0.3 is 10.2 Å². The molecule has 0 aromatic heterocycles. The van der Waals surface area contributed by atoms with Crippen LogP contribution in [0.2, 0.25) is 0 Å². The number of aryl methyl sites for hydroxylation is 1.